The van der Waals surface area contributed by atoms with E-state index >= 15 is 0 Å². The van der Waals surface area contributed by atoms with Gasteiger partial charge >= 0.3 is 0 Å². The highest BCUT2D eigenvalue weighted by Gasteiger charge is 2.19. The van der Waals surface area contributed by atoms with Crippen LogP contribution in [0.4, 0.5) is 0 Å². The Bertz CT molecular complexity index is 349. The van der Waals surface area contributed by atoms with Crippen LogP contribution in [0.2, 0.25) is 0 Å². The van der Waals surface area contributed by atoms with Crippen LogP contribution in [0.5, 0.6) is 0 Å². The Morgan fingerprint density at radius 3 is 2.88 bits per heavy atom. The third kappa shape index (κ3) is 3.52. The Balaban J connectivity index is 2.64. The molecule has 1 amide bonds. The van der Waals surface area contributed by atoms with Gasteiger partial charge in [0, 0.05) is 24.3 Å². The van der Waals surface area contributed by atoms with Crippen LogP contribution in [0.1, 0.15) is 38.1 Å². The average Bonchev–Trinajstić information content (AvgIpc) is 2.64. The molecular weight excluding hydrogens is 226 g/mol. The van der Waals surface area contributed by atoms with Crippen LogP contribution in [0.3, 0.4) is 0 Å². The standard InChI is InChI=1S/C11H18ClN3O/c1-4-5-15-7-9(6-13-15)10(12)11(16)14-8(2)3/h6-8,10H,4-5H2,1-3H3,(H,14,16). The molecule has 0 radical (unpaired) electrons. The molecule has 0 aliphatic heterocycles. The highest BCUT2D eigenvalue weighted by Crippen LogP contribution is 2.20. The van der Waals surface area contributed by atoms with Crippen molar-refractivity contribution < 1.29 is 4.79 Å². The van der Waals surface area contributed by atoms with E-state index in [0.717, 1.165) is 18.5 Å². The molecule has 0 aromatic carbocycles. The van der Waals surface area contributed by atoms with Crippen LogP contribution >= 0.6 is 11.6 Å². The van der Waals surface area contributed by atoms with E-state index < -0.39 is 5.38 Å². The molecule has 1 heterocycles. The zero-order chi connectivity index (χ0) is 12.1. The van der Waals surface area contributed by atoms with Crippen molar-refractivity contribution in [2.24, 2.45) is 0 Å². The van der Waals surface area contributed by atoms with E-state index in [1.807, 2.05) is 20.0 Å². The number of nitrogens with zero attached hydrogens (tertiary/aromatic N) is 2. The maximum absolute atomic E-state index is 11.6. The molecule has 0 aliphatic carbocycles. The van der Waals surface area contributed by atoms with Crippen molar-refractivity contribution in [2.75, 3.05) is 0 Å². The molecule has 0 saturated carbocycles. The molecule has 4 nitrogen and oxygen atoms in total. The minimum atomic E-state index is -0.659. The minimum Gasteiger partial charge on any atom is -0.352 e. The monoisotopic (exact) mass is 243 g/mol. The molecule has 1 N–H and O–H groups in total. The average molecular weight is 244 g/mol. The van der Waals surface area contributed by atoms with Gasteiger partial charge in [-0.3, -0.25) is 9.48 Å². The first-order valence-electron chi connectivity index (χ1n) is 5.51. The summed E-state index contributed by atoms with van der Waals surface area (Å²) in [6, 6.07) is 0.0967. The highest BCUT2D eigenvalue weighted by atomic mass is 35.5. The number of halogens is 1. The largest absolute Gasteiger partial charge is 0.352 e. The summed E-state index contributed by atoms with van der Waals surface area (Å²) in [6.45, 7) is 6.73. The van der Waals surface area contributed by atoms with Crippen molar-refractivity contribution in [2.45, 2.75) is 45.2 Å². The predicted molar refractivity (Wildman–Crippen MR) is 64.4 cm³/mol. The number of carbonyl (C=O) groups is 1. The molecule has 1 aromatic rings. The van der Waals surface area contributed by atoms with Crippen molar-refractivity contribution in [3.05, 3.63) is 18.0 Å². The Morgan fingerprint density at radius 2 is 2.31 bits per heavy atom. The Morgan fingerprint density at radius 1 is 1.62 bits per heavy atom. The van der Waals surface area contributed by atoms with Crippen molar-refractivity contribution in [1.29, 1.82) is 0 Å². The van der Waals surface area contributed by atoms with Crippen molar-refractivity contribution in [1.82, 2.24) is 15.1 Å². The smallest absolute Gasteiger partial charge is 0.242 e. The number of alkyl halides is 1. The number of aryl methyl sites for hydroxylation is 1. The molecular formula is C11H18ClN3O. The quantitative estimate of drug-likeness (QED) is 0.805. The molecule has 1 atom stereocenters. The van der Waals surface area contributed by atoms with Gasteiger partial charge in [0.05, 0.1) is 6.20 Å². The van der Waals surface area contributed by atoms with Gasteiger partial charge in [0.15, 0.2) is 0 Å². The zero-order valence-electron chi connectivity index (χ0n) is 9.90. The van der Waals surface area contributed by atoms with Gasteiger partial charge in [-0.25, -0.2) is 0 Å². The van der Waals surface area contributed by atoms with Crippen molar-refractivity contribution in [3.8, 4) is 0 Å². The summed E-state index contributed by atoms with van der Waals surface area (Å²) in [7, 11) is 0. The molecule has 5 heteroatoms. The number of carbonyl (C=O) groups excluding carboxylic acids is 1. The fraction of sp³-hybridized carbons (Fsp3) is 0.636. The van der Waals surface area contributed by atoms with E-state index in [-0.39, 0.29) is 11.9 Å². The second-order valence-electron chi connectivity index (χ2n) is 4.06. The molecule has 90 valence electrons. The third-order valence-electron chi connectivity index (χ3n) is 2.06. The van der Waals surface area contributed by atoms with Gasteiger partial charge < -0.3 is 5.32 Å². The lowest BCUT2D eigenvalue weighted by atomic mass is 10.2. The normalized spacial score (nSPS) is 12.8. The second-order valence-corrected chi connectivity index (χ2v) is 4.50. The molecule has 0 spiro atoms. The van der Waals surface area contributed by atoms with E-state index in [4.69, 9.17) is 11.6 Å². The molecule has 1 unspecified atom stereocenters. The van der Waals surface area contributed by atoms with Gasteiger partial charge in [0.25, 0.3) is 0 Å². The van der Waals surface area contributed by atoms with Gasteiger partial charge in [-0.1, -0.05) is 6.92 Å². The van der Waals surface area contributed by atoms with Crippen LogP contribution in [0, 0.1) is 0 Å². The number of rotatable bonds is 5. The summed E-state index contributed by atoms with van der Waals surface area (Å²) in [5.41, 5.74) is 0.744. The lowest BCUT2D eigenvalue weighted by Gasteiger charge is -2.11. The first kappa shape index (κ1) is 13.0. The summed E-state index contributed by atoms with van der Waals surface area (Å²) in [4.78, 5) is 11.6. The van der Waals surface area contributed by atoms with Gasteiger partial charge in [-0.2, -0.15) is 5.10 Å². The molecule has 0 bridgehead atoms. The lowest BCUT2D eigenvalue weighted by molar-refractivity contribution is -0.121. The van der Waals surface area contributed by atoms with Crippen LogP contribution in [0.25, 0.3) is 0 Å². The van der Waals surface area contributed by atoms with E-state index in [1.165, 1.54) is 0 Å². The van der Waals surface area contributed by atoms with Crippen LogP contribution in [0.15, 0.2) is 12.4 Å². The third-order valence-corrected chi connectivity index (χ3v) is 2.51. The minimum absolute atomic E-state index is 0.0967. The molecule has 1 aromatic heterocycles. The first-order valence-corrected chi connectivity index (χ1v) is 5.95. The van der Waals surface area contributed by atoms with Crippen LogP contribution in [-0.2, 0) is 11.3 Å². The van der Waals surface area contributed by atoms with Crippen molar-refractivity contribution >= 4 is 17.5 Å². The summed E-state index contributed by atoms with van der Waals surface area (Å²) >= 11 is 6.05. The maximum Gasteiger partial charge on any atom is 0.242 e. The van der Waals surface area contributed by atoms with E-state index in [0.29, 0.717) is 0 Å². The number of aromatic nitrogens is 2. The fourth-order valence-corrected chi connectivity index (χ4v) is 1.55. The predicted octanol–water partition coefficient (Wildman–Crippen LogP) is 2.10. The fourth-order valence-electron chi connectivity index (χ4n) is 1.37. The van der Waals surface area contributed by atoms with Gasteiger partial charge in [-0.05, 0) is 20.3 Å². The molecule has 0 aliphatic rings. The van der Waals surface area contributed by atoms with E-state index in [1.54, 1.807) is 10.9 Å². The van der Waals surface area contributed by atoms with Gasteiger partial charge in [0.2, 0.25) is 5.91 Å². The number of hydrogen-bond acceptors (Lipinski definition) is 2. The topological polar surface area (TPSA) is 46.9 Å². The maximum atomic E-state index is 11.6. The number of hydrogen-bond donors (Lipinski definition) is 1. The molecule has 1 rings (SSSR count). The molecule has 0 saturated heterocycles. The zero-order valence-corrected chi connectivity index (χ0v) is 10.7. The highest BCUT2D eigenvalue weighted by molar-refractivity contribution is 6.30. The summed E-state index contributed by atoms with van der Waals surface area (Å²) in [6.07, 6.45) is 4.47. The Kier molecular flexibility index (Phi) is 4.80. The van der Waals surface area contributed by atoms with Crippen molar-refractivity contribution in [3.63, 3.8) is 0 Å². The first-order chi connectivity index (χ1) is 7.54. The number of nitrogens with one attached hydrogen (secondary N) is 1. The summed E-state index contributed by atoms with van der Waals surface area (Å²) in [5, 5.41) is 6.26. The van der Waals surface area contributed by atoms with Gasteiger partial charge in [0.1, 0.15) is 5.38 Å². The van der Waals surface area contributed by atoms with E-state index in [9.17, 15) is 4.79 Å². The summed E-state index contributed by atoms with van der Waals surface area (Å²) < 4.78 is 1.80. The molecule has 16 heavy (non-hydrogen) atoms. The molecule has 0 fully saturated rings. The lowest BCUT2D eigenvalue weighted by Crippen LogP contribution is -2.32. The number of amides is 1. The van der Waals surface area contributed by atoms with Crippen LogP contribution in [-0.4, -0.2) is 21.7 Å². The Labute approximate surface area is 101 Å². The second kappa shape index (κ2) is 5.89. The van der Waals surface area contributed by atoms with Crippen LogP contribution < -0.4 is 5.32 Å². The van der Waals surface area contributed by atoms with E-state index in [2.05, 4.69) is 17.3 Å². The van der Waals surface area contributed by atoms with Gasteiger partial charge in [-0.15, -0.1) is 11.6 Å². The summed E-state index contributed by atoms with van der Waals surface area (Å²) in [5.74, 6) is -0.173. The Hall–Kier alpha value is -1.03. The SMILES string of the molecule is CCCn1cc(C(Cl)C(=O)NC(C)C)cn1.